The molecule has 0 fully saturated rings. The third-order valence-electron chi connectivity index (χ3n) is 2.35. The first-order valence-corrected chi connectivity index (χ1v) is 6.68. The second-order valence-corrected chi connectivity index (χ2v) is 4.96. The summed E-state index contributed by atoms with van der Waals surface area (Å²) in [7, 11) is 0. The van der Waals surface area contributed by atoms with E-state index in [4.69, 9.17) is 0 Å². The fourth-order valence-electron chi connectivity index (χ4n) is 1.54. The Balaban J connectivity index is 2.65. The van der Waals surface area contributed by atoms with Gasteiger partial charge in [-0.25, -0.2) is 0 Å². The molecule has 0 aromatic rings. The molecule has 1 nitrogen and oxygen atoms in total. The van der Waals surface area contributed by atoms with Gasteiger partial charge in [-0.3, -0.25) is 4.99 Å². The number of alkyl halides is 1. The Morgan fingerprint density at radius 2 is 2.07 bits per heavy atom. The van der Waals surface area contributed by atoms with Gasteiger partial charge in [0.25, 0.3) is 0 Å². The van der Waals surface area contributed by atoms with E-state index in [9.17, 15) is 0 Å². The monoisotopic (exact) mass is 315 g/mol. The van der Waals surface area contributed by atoms with E-state index < -0.39 is 0 Å². The van der Waals surface area contributed by atoms with Crippen LogP contribution in [0.3, 0.4) is 0 Å². The highest BCUT2D eigenvalue weighted by molar-refractivity contribution is 14.1. The Hall–Kier alpha value is -0.380. The number of aliphatic imine (C=N–C) groups is 1. The molecule has 0 aromatic heterocycles. The molecule has 1 aliphatic rings. The smallest absolute Gasteiger partial charge is 0.0782 e. The van der Waals surface area contributed by atoms with Gasteiger partial charge in [0.15, 0.2) is 0 Å². The molecule has 0 saturated heterocycles. The molecule has 0 N–H and O–H groups in total. The Bertz CT molecular complexity index is 332. The Kier molecular flexibility index (Phi) is 4.77. The van der Waals surface area contributed by atoms with Crippen LogP contribution in [0.1, 0.15) is 20.8 Å². The summed E-state index contributed by atoms with van der Waals surface area (Å²) in [5.41, 5.74) is 3.68. The lowest BCUT2D eigenvalue weighted by atomic mass is 9.83. The third-order valence-corrected chi connectivity index (χ3v) is 3.45. The van der Waals surface area contributed by atoms with Crippen molar-refractivity contribution in [3.63, 3.8) is 0 Å². The van der Waals surface area contributed by atoms with E-state index in [2.05, 4.69) is 73.2 Å². The largest absolute Gasteiger partial charge is 0.285 e. The van der Waals surface area contributed by atoms with Crippen LogP contribution in [0, 0.1) is 5.92 Å². The first-order chi connectivity index (χ1) is 7.04. The molecule has 0 saturated carbocycles. The zero-order valence-electron chi connectivity index (χ0n) is 9.63. The number of rotatable bonds is 4. The van der Waals surface area contributed by atoms with Gasteiger partial charge in [0.2, 0.25) is 0 Å². The average molecular weight is 315 g/mol. The van der Waals surface area contributed by atoms with Crippen molar-refractivity contribution in [1.82, 2.24) is 0 Å². The molecule has 1 aliphatic carbocycles. The van der Waals surface area contributed by atoms with Crippen molar-refractivity contribution >= 4 is 28.3 Å². The molecule has 0 bridgehead atoms. The molecule has 82 valence electrons. The molecule has 2 heteroatoms. The summed E-state index contributed by atoms with van der Waals surface area (Å²) in [5, 5.41) is 0. The number of allylic oxidation sites excluding steroid dienone is 2. The predicted molar refractivity (Wildman–Crippen MR) is 77.0 cm³/mol. The minimum absolute atomic E-state index is 0.322. The fraction of sp³-hybridized carbons (Fsp3) is 0.462. The molecular formula is C13H18IN. The Morgan fingerprint density at radius 3 is 2.47 bits per heavy atom. The minimum Gasteiger partial charge on any atom is -0.285 e. The molecule has 0 amide bonds. The van der Waals surface area contributed by atoms with Crippen LogP contribution in [0.2, 0.25) is 0 Å². The van der Waals surface area contributed by atoms with Crippen LogP contribution in [-0.2, 0) is 0 Å². The molecule has 1 rings (SSSR count). The second-order valence-electron chi connectivity index (χ2n) is 4.20. The van der Waals surface area contributed by atoms with Crippen LogP contribution >= 0.6 is 22.6 Å². The summed E-state index contributed by atoms with van der Waals surface area (Å²) in [4.78, 5) is 4.64. The van der Waals surface area contributed by atoms with E-state index in [1.807, 2.05) is 0 Å². The van der Waals surface area contributed by atoms with E-state index in [0.717, 1.165) is 4.43 Å². The van der Waals surface area contributed by atoms with E-state index in [0.29, 0.717) is 12.0 Å². The zero-order chi connectivity index (χ0) is 11.4. The second kappa shape index (κ2) is 5.64. The van der Waals surface area contributed by atoms with Crippen molar-refractivity contribution in [2.45, 2.75) is 26.8 Å². The van der Waals surface area contributed by atoms with Crippen LogP contribution in [0.15, 0.2) is 40.9 Å². The Labute approximate surface area is 106 Å². The first-order valence-electron chi connectivity index (χ1n) is 5.16. The van der Waals surface area contributed by atoms with Gasteiger partial charge in [0.1, 0.15) is 0 Å². The quantitative estimate of drug-likeness (QED) is 0.245. The molecule has 15 heavy (non-hydrogen) atoms. The highest BCUT2D eigenvalue weighted by Crippen LogP contribution is 2.29. The van der Waals surface area contributed by atoms with Crippen molar-refractivity contribution in [2.24, 2.45) is 10.9 Å². The lowest BCUT2D eigenvalue weighted by molar-refractivity contribution is 0.613. The summed E-state index contributed by atoms with van der Waals surface area (Å²) >= 11 is 2.34. The van der Waals surface area contributed by atoms with Crippen molar-refractivity contribution in [2.75, 3.05) is 4.43 Å². The first kappa shape index (κ1) is 12.7. The number of halogens is 1. The average Bonchev–Trinajstić information content (AvgIpc) is 2.10. The summed E-state index contributed by atoms with van der Waals surface area (Å²) in [6, 6.07) is 0.322. The zero-order valence-corrected chi connectivity index (χ0v) is 11.8. The van der Waals surface area contributed by atoms with Crippen LogP contribution in [-0.4, -0.2) is 16.2 Å². The summed E-state index contributed by atoms with van der Waals surface area (Å²) in [6.07, 6.45) is 6.50. The lowest BCUT2D eigenvalue weighted by Crippen LogP contribution is -2.25. The van der Waals surface area contributed by atoms with E-state index in [-0.39, 0.29) is 0 Å². The Morgan fingerprint density at radius 1 is 1.40 bits per heavy atom. The predicted octanol–water partition coefficient (Wildman–Crippen LogP) is 3.96. The lowest BCUT2D eigenvalue weighted by Gasteiger charge is -2.27. The van der Waals surface area contributed by atoms with Crippen LogP contribution in [0.5, 0.6) is 0 Å². The van der Waals surface area contributed by atoms with Gasteiger partial charge in [0.05, 0.1) is 6.04 Å². The molecule has 0 aromatic carbocycles. The molecule has 2 unspecified atom stereocenters. The maximum Gasteiger partial charge on any atom is 0.0782 e. The number of nitrogens with zero attached hydrogens (tertiary/aromatic N) is 1. The molecule has 0 radical (unpaired) electrons. The van der Waals surface area contributed by atoms with Crippen molar-refractivity contribution < 1.29 is 0 Å². The highest BCUT2D eigenvalue weighted by atomic mass is 127. The van der Waals surface area contributed by atoms with Gasteiger partial charge >= 0.3 is 0 Å². The standard InChI is InChI=1S/C13H18IN/c1-9(2)7-10(3)12-5-6-13(12)15-11(4)8-14/h5-7,12-13H,3,8H2,1-2,4H3/b15-11-. The molecule has 2 atom stereocenters. The molecule has 0 heterocycles. The van der Waals surface area contributed by atoms with Crippen molar-refractivity contribution in [1.29, 1.82) is 0 Å². The summed E-state index contributed by atoms with van der Waals surface area (Å²) in [6.45, 7) is 10.4. The highest BCUT2D eigenvalue weighted by Gasteiger charge is 2.24. The van der Waals surface area contributed by atoms with E-state index in [1.54, 1.807) is 0 Å². The van der Waals surface area contributed by atoms with Crippen molar-refractivity contribution in [3.05, 3.63) is 36.0 Å². The van der Waals surface area contributed by atoms with Crippen LogP contribution in [0.4, 0.5) is 0 Å². The fourth-order valence-corrected chi connectivity index (χ4v) is 1.74. The summed E-state index contributed by atoms with van der Waals surface area (Å²) < 4.78 is 1.00. The van der Waals surface area contributed by atoms with Gasteiger partial charge in [-0.1, -0.05) is 53.0 Å². The van der Waals surface area contributed by atoms with Crippen LogP contribution in [0.25, 0.3) is 0 Å². The normalized spacial score (nSPS) is 24.7. The van der Waals surface area contributed by atoms with Gasteiger partial charge < -0.3 is 0 Å². The van der Waals surface area contributed by atoms with Gasteiger partial charge in [0, 0.05) is 16.1 Å². The van der Waals surface area contributed by atoms with Gasteiger partial charge in [-0.15, -0.1) is 0 Å². The molecule has 0 aliphatic heterocycles. The maximum atomic E-state index is 4.64. The van der Waals surface area contributed by atoms with Crippen molar-refractivity contribution in [3.8, 4) is 0 Å². The number of hydrogen-bond donors (Lipinski definition) is 0. The topological polar surface area (TPSA) is 12.4 Å². The number of hydrogen-bond acceptors (Lipinski definition) is 1. The maximum absolute atomic E-state index is 4.64. The van der Waals surface area contributed by atoms with Gasteiger partial charge in [-0.2, -0.15) is 0 Å². The SMILES string of the molecule is C=C(C=C(C)C)C1C=CC1/N=C(/C)CI. The third kappa shape index (κ3) is 3.59. The summed E-state index contributed by atoms with van der Waals surface area (Å²) in [5.74, 6) is 0.415. The van der Waals surface area contributed by atoms with Gasteiger partial charge in [-0.05, 0) is 26.3 Å². The van der Waals surface area contributed by atoms with Crippen LogP contribution < -0.4 is 0 Å². The van der Waals surface area contributed by atoms with E-state index >= 15 is 0 Å². The minimum atomic E-state index is 0.322. The molecular weight excluding hydrogens is 297 g/mol. The van der Waals surface area contributed by atoms with E-state index in [1.165, 1.54) is 16.9 Å². The molecule has 0 spiro atoms.